The van der Waals surface area contributed by atoms with Gasteiger partial charge in [0, 0.05) is 18.7 Å². The number of rotatable bonds is 8. The van der Waals surface area contributed by atoms with E-state index in [0.717, 1.165) is 10.9 Å². The Morgan fingerprint density at radius 3 is 2.75 bits per heavy atom. The summed E-state index contributed by atoms with van der Waals surface area (Å²) in [5.41, 5.74) is 1.33. The van der Waals surface area contributed by atoms with Crippen LogP contribution < -0.4 is 0 Å². The number of nitrogens with zero attached hydrogens (tertiary/aromatic N) is 2. The van der Waals surface area contributed by atoms with E-state index in [1.807, 2.05) is 24.3 Å². The molecule has 0 aliphatic heterocycles. The number of hydroxylamine groups is 2. The fourth-order valence-corrected chi connectivity index (χ4v) is 4.16. The molecule has 1 N–H and O–H groups in total. The molecule has 24 heavy (non-hydrogen) atoms. The van der Waals surface area contributed by atoms with Crippen molar-refractivity contribution in [3.8, 4) is 0 Å². The lowest BCUT2D eigenvalue weighted by Gasteiger charge is -2.27. The summed E-state index contributed by atoms with van der Waals surface area (Å²) in [5.74, 6) is -0.644. The highest BCUT2D eigenvalue weighted by Crippen LogP contribution is 2.16. The van der Waals surface area contributed by atoms with Crippen molar-refractivity contribution in [3.63, 3.8) is 0 Å². The van der Waals surface area contributed by atoms with Crippen LogP contribution in [0.4, 0.5) is 0 Å². The van der Waals surface area contributed by atoms with Crippen molar-refractivity contribution in [1.82, 2.24) is 10.0 Å². The Morgan fingerprint density at radius 2 is 2.08 bits per heavy atom. The van der Waals surface area contributed by atoms with E-state index in [9.17, 15) is 18.4 Å². The second-order valence-electron chi connectivity index (χ2n) is 5.58. The van der Waals surface area contributed by atoms with Gasteiger partial charge in [-0.05, 0) is 24.6 Å². The van der Waals surface area contributed by atoms with E-state index in [1.165, 1.54) is 13.3 Å². The zero-order chi connectivity index (χ0) is 17.7. The summed E-state index contributed by atoms with van der Waals surface area (Å²) in [4.78, 5) is 15.0. The summed E-state index contributed by atoms with van der Waals surface area (Å²) in [6, 6.07) is 8.20. The molecule has 2 aromatic rings. The average molecular weight is 352 g/mol. The Morgan fingerprint density at radius 1 is 1.38 bits per heavy atom. The number of amides is 1. The van der Waals surface area contributed by atoms with Crippen LogP contribution in [-0.4, -0.2) is 55.1 Å². The SMILES string of the molecule is COC(C)C(CS(=O)(=O)Cc1cnc2ccccc2c1)N(O)C=O. The number of ether oxygens (including phenoxy) is 1. The molecule has 2 unspecified atom stereocenters. The number of para-hydroxylation sites is 1. The van der Waals surface area contributed by atoms with Gasteiger partial charge in [0.15, 0.2) is 9.84 Å². The average Bonchev–Trinajstić information content (AvgIpc) is 2.58. The van der Waals surface area contributed by atoms with Crippen molar-refractivity contribution in [2.75, 3.05) is 12.9 Å². The predicted octanol–water partition coefficient (Wildman–Crippen LogP) is 1.40. The molecule has 2 rings (SSSR count). The third-order valence-electron chi connectivity index (χ3n) is 3.82. The Labute approximate surface area is 140 Å². The van der Waals surface area contributed by atoms with Gasteiger partial charge in [0.25, 0.3) is 0 Å². The molecule has 0 aliphatic rings. The van der Waals surface area contributed by atoms with E-state index < -0.39 is 27.7 Å². The molecule has 7 nitrogen and oxygen atoms in total. The van der Waals surface area contributed by atoms with Gasteiger partial charge in [-0.3, -0.25) is 15.0 Å². The molecule has 8 heteroatoms. The fourth-order valence-electron chi connectivity index (χ4n) is 2.43. The second kappa shape index (κ2) is 7.69. The Kier molecular flexibility index (Phi) is 5.87. The molecule has 1 aromatic carbocycles. The first kappa shape index (κ1) is 18.3. The van der Waals surface area contributed by atoms with E-state index in [2.05, 4.69) is 4.98 Å². The zero-order valence-corrected chi connectivity index (χ0v) is 14.3. The van der Waals surface area contributed by atoms with Gasteiger partial charge < -0.3 is 4.74 Å². The first-order valence-electron chi connectivity index (χ1n) is 7.35. The minimum atomic E-state index is -3.59. The lowest BCUT2D eigenvalue weighted by Crippen LogP contribution is -2.45. The van der Waals surface area contributed by atoms with Crippen LogP contribution in [-0.2, 0) is 25.1 Å². The standard InChI is InChI=1S/C16H20N2O5S/c1-12(23-2)16(18(20)11-19)10-24(21,22)9-13-7-14-5-3-4-6-15(14)17-8-13/h3-8,11-12,16,20H,9-10H2,1-2H3. The van der Waals surface area contributed by atoms with Gasteiger partial charge in [-0.2, -0.15) is 0 Å². The topological polar surface area (TPSA) is 96.8 Å². The van der Waals surface area contributed by atoms with Crippen LogP contribution in [0.25, 0.3) is 10.9 Å². The van der Waals surface area contributed by atoms with Gasteiger partial charge in [0.05, 0.1) is 29.2 Å². The molecule has 0 saturated carbocycles. The number of pyridine rings is 1. The lowest BCUT2D eigenvalue weighted by atomic mass is 10.2. The number of hydrogen-bond donors (Lipinski definition) is 1. The molecule has 0 aliphatic carbocycles. The summed E-state index contributed by atoms with van der Waals surface area (Å²) >= 11 is 0. The van der Waals surface area contributed by atoms with Crippen molar-refractivity contribution in [2.24, 2.45) is 0 Å². The summed E-state index contributed by atoms with van der Waals surface area (Å²) in [6.07, 6.45) is 1.06. The van der Waals surface area contributed by atoms with Gasteiger partial charge in [-0.1, -0.05) is 18.2 Å². The maximum atomic E-state index is 12.5. The van der Waals surface area contributed by atoms with Crippen LogP contribution in [0.1, 0.15) is 12.5 Å². The molecule has 0 radical (unpaired) electrons. The van der Waals surface area contributed by atoms with Crippen molar-refractivity contribution in [1.29, 1.82) is 0 Å². The van der Waals surface area contributed by atoms with Crippen LogP contribution in [0.5, 0.6) is 0 Å². The number of fused-ring (bicyclic) bond motifs is 1. The number of carbonyl (C=O) groups excluding carboxylic acids is 1. The number of carbonyl (C=O) groups is 1. The van der Waals surface area contributed by atoms with Crippen LogP contribution in [0.15, 0.2) is 36.5 Å². The van der Waals surface area contributed by atoms with Crippen LogP contribution in [0.3, 0.4) is 0 Å². The van der Waals surface area contributed by atoms with Crippen molar-refractivity contribution < 1.29 is 23.2 Å². The minimum absolute atomic E-state index is 0.174. The highest BCUT2D eigenvalue weighted by molar-refractivity contribution is 7.90. The zero-order valence-electron chi connectivity index (χ0n) is 13.5. The second-order valence-corrected chi connectivity index (χ2v) is 7.69. The molecule has 1 amide bonds. The van der Waals surface area contributed by atoms with Crippen molar-refractivity contribution >= 4 is 27.2 Å². The monoisotopic (exact) mass is 352 g/mol. The van der Waals surface area contributed by atoms with Crippen LogP contribution >= 0.6 is 0 Å². The molecule has 0 saturated heterocycles. The maximum absolute atomic E-state index is 12.5. The quantitative estimate of drug-likeness (QED) is 0.438. The van der Waals surface area contributed by atoms with Gasteiger partial charge in [-0.25, -0.2) is 13.5 Å². The molecule has 1 heterocycles. The summed E-state index contributed by atoms with van der Waals surface area (Å²) in [6.45, 7) is 1.59. The molecule has 0 bridgehead atoms. The number of aromatic nitrogens is 1. The van der Waals surface area contributed by atoms with E-state index in [-0.39, 0.29) is 12.2 Å². The third-order valence-corrected chi connectivity index (χ3v) is 5.44. The summed E-state index contributed by atoms with van der Waals surface area (Å²) < 4.78 is 30.0. The lowest BCUT2D eigenvalue weighted by molar-refractivity contribution is -0.168. The first-order chi connectivity index (χ1) is 11.4. The van der Waals surface area contributed by atoms with E-state index in [0.29, 0.717) is 10.6 Å². The minimum Gasteiger partial charge on any atom is -0.379 e. The van der Waals surface area contributed by atoms with Gasteiger partial charge in [0.1, 0.15) is 0 Å². The van der Waals surface area contributed by atoms with Crippen LogP contribution in [0, 0.1) is 0 Å². The highest BCUT2D eigenvalue weighted by Gasteiger charge is 2.29. The predicted molar refractivity (Wildman–Crippen MR) is 89.2 cm³/mol. The van der Waals surface area contributed by atoms with Crippen LogP contribution in [0.2, 0.25) is 0 Å². The first-order valence-corrected chi connectivity index (χ1v) is 9.18. The van der Waals surface area contributed by atoms with E-state index >= 15 is 0 Å². The number of sulfone groups is 1. The fraction of sp³-hybridized carbons (Fsp3) is 0.375. The van der Waals surface area contributed by atoms with E-state index in [1.54, 1.807) is 13.0 Å². The van der Waals surface area contributed by atoms with Crippen molar-refractivity contribution in [3.05, 3.63) is 42.1 Å². The summed E-state index contributed by atoms with van der Waals surface area (Å²) in [5, 5.41) is 10.8. The molecule has 0 fully saturated rings. The third kappa shape index (κ3) is 4.50. The van der Waals surface area contributed by atoms with Gasteiger partial charge in [-0.15, -0.1) is 0 Å². The highest BCUT2D eigenvalue weighted by atomic mass is 32.2. The smallest absolute Gasteiger partial charge is 0.233 e. The molecule has 0 spiro atoms. The molecular formula is C16H20N2O5S. The molecule has 2 atom stereocenters. The molecule has 130 valence electrons. The summed E-state index contributed by atoms with van der Waals surface area (Å²) in [7, 11) is -2.21. The molecular weight excluding hydrogens is 332 g/mol. The van der Waals surface area contributed by atoms with Gasteiger partial charge in [0.2, 0.25) is 6.41 Å². The Bertz CT molecular complexity index is 809. The Balaban J connectivity index is 2.20. The normalized spacial score (nSPS) is 14.3. The number of benzene rings is 1. The maximum Gasteiger partial charge on any atom is 0.233 e. The largest absolute Gasteiger partial charge is 0.379 e. The van der Waals surface area contributed by atoms with Crippen molar-refractivity contribution in [2.45, 2.75) is 24.8 Å². The Hall–Kier alpha value is -2.03. The number of hydrogen-bond acceptors (Lipinski definition) is 6. The van der Waals surface area contributed by atoms with E-state index in [4.69, 9.17) is 4.74 Å². The number of methoxy groups -OCH3 is 1. The molecule has 1 aromatic heterocycles. The van der Waals surface area contributed by atoms with Gasteiger partial charge >= 0.3 is 0 Å².